The number of ether oxygens (including phenoxy) is 2. The molecule has 0 heterocycles. The lowest BCUT2D eigenvalue weighted by Crippen LogP contribution is -2.24. The van der Waals surface area contributed by atoms with Crippen LogP contribution in [-0.2, 0) is 11.3 Å². The zero-order valence-electron chi connectivity index (χ0n) is 13.1. The molecule has 7 nitrogen and oxygen atoms in total. The van der Waals surface area contributed by atoms with Crippen molar-refractivity contribution in [1.82, 2.24) is 5.43 Å². The minimum absolute atomic E-state index is 0.370. The molecule has 0 aliphatic carbocycles. The van der Waals surface area contributed by atoms with Crippen LogP contribution in [0.4, 0.5) is 4.79 Å². The number of carbonyl (C=O) groups is 2. The quantitative estimate of drug-likeness (QED) is 0.481. The van der Waals surface area contributed by atoms with Gasteiger partial charge in [-0.1, -0.05) is 12.1 Å². The van der Waals surface area contributed by atoms with Crippen LogP contribution in [0.3, 0.4) is 0 Å². The number of nitrogens with two attached hydrogens (primary N) is 1. The standard InChI is InChI=1S/C17H17N3O4/c1-23-16(21)14-6-2-13(3-7-14)11-24-15-8-4-12(5-9-15)10-19-20-17(18)22/h2-10H,11H2,1H3,(H3,18,20,22)/b19-10+. The Hall–Kier alpha value is -3.35. The van der Waals surface area contributed by atoms with Crippen molar-refractivity contribution >= 4 is 18.2 Å². The van der Waals surface area contributed by atoms with Crippen molar-refractivity contribution in [3.63, 3.8) is 0 Å². The van der Waals surface area contributed by atoms with E-state index < -0.39 is 6.03 Å². The number of hydrogen-bond acceptors (Lipinski definition) is 5. The average Bonchev–Trinajstić information content (AvgIpc) is 2.60. The van der Waals surface area contributed by atoms with Crippen LogP contribution >= 0.6 is 0 Å². The molecule has 0 saturated heterocycles. The van der Waals surface area contributed by atoms with Crippen molar-refractivity contribution in [1.29, 1.82) is 0 Å². The number of methoxy groups -OCH3 is 1. The second-order valence-corrected chi connectivity index (χ2v) is 4.78. The number of amides is 2. The van der Waals surface area contributed by atoms with Gasteiger partial charge < -0.3 is 15.2 Å². The molecule has 2 aromatic rings. The maximum atomic E-state index is 11.4. The van der Waals surface area contributed by atoms with E-state index in [1.165, 1.54) is 13.3 Å². The molecule has 0 bridgehead atoms. The monoisotopic (exact) mass is 327 g/mol. The van der Waals surface area contributed by atoms with Gasteiger partial charge in [0.1, 0.15) is 12.4 Å². The van der Waals surface area contributed by atoms with Gasteiger partial charge in [0, 0.05) is 0 Å². The second-order valence-electron chi connectivity index (χ2n) is 4.78. The summed E-state index contributed by atoms with van der Waals surface area (Å²) in [7, 11) is 1.34. The third-order valence-electron chi connectivity index (χ3n) is 3.05. The van der Waals surface area contributed by atoms with Crippen molar-refractivity contribution < 1.29 is 19.1 Å². The van der Waals surface area contributed by atoms with Crippen molar-refractivity contribution in [2.45, 2.75) is 6.61 Å². The van der Waals surface area contributed by atoms with Crippen molar-refractivity contribution in [3.8, 4) is 5.75 Å². The number of primary amides is 1. The third kappa shape index (κ3) is 5.13. The molecule has 0 aliphatic heterocycles. The lowest BCUT2D eigenvalue weighted by atomic mass is 10.1. The Morgan fingerprint density at radius 1 is 1.12 bits per heavy atom. The molecule has 0 aliphatic rings. The normalized spacial score (nSPS) is 10.4. The van der Waals surface area contributed by atoms with Crippen molar-refractivity contribution in [2.75, 3.05) is 7.11 Å². The van der Waals surface area contributed by atoms with Gasteiger partial charge in [-0.25, -0.2) is 15.0 Å². The number of esters is 1. The van der Waals surface area contributed by atoms with Crippen LogP contribution in [0.5, 0.6) is 5.75 Å². The molecule has 2 aromatic carbocycles. The first kappa shape index (κ1) is 17.0. The molecule has 0 spiro atoms. The predicted octanol–water partition coefficient (Wildman–Crippen LogP) is 2.05. The van der Waals surface area contributed by atoms with Crippen LogP contribution in [0.25, 0.3) is 0 Å². The third-order valence-corrected chi connectivity index (χ3v) is 3.05. The van der Waals surface area contributed by atoms with E-state index in [1.54, 1.807) is 36.4 Å². The summed E-state index contributed by atoms with van der Waals surface area (Å²) in [5.74, 6) is 0.317. The number of rotatable bonds is 6. The summed E-state index contributed by atoms with van der Waals surface area (Å²) in [4.78, 5) is 21.8. The molecule has 0 fully saturated rings. The topological polar surface area (TPSA) is 103 Å². The maximum absolute atomic E-state index is 11.4. The van der Waals surface area contributed by atoms with Crippen LogP contribution in [0, 0.1) is 0 Å². The molecule has 0 unspecified atom stereocenters. The number of hydrazone groups is 1. The Kier molecular flexibility index (Phi) is 5.90. The molecule has 0 aromatic heterocycles. The van der Waals surface area contributed by atoms with E-state index in [1.807, 2.05) is 12.1 Å². The van der Waals surface area contributed by atoms with E-state index in [0.717, 1.165) is 11.1 Å². The van der Waals surface area contributed by atoms with Crippen molar-refractivity contribution in [3.05, 3.63) is 65.2 Å². The fourth-order valence-electron chi connectivity index (χ4n) is 1.84. The zero-order chi connectivity index (χ0) is 17.4. The number of benzene rings is 2. The van der Waals surface area contributed by atoms with Crippen LogP contribution < -0.4 is 15.9 Å². The smallest absolute Gasteiger partial charge is 0.337 e. The summed E-state index contributed by atoms with van der Waals surface area (Å²) in [6, 6.07) is 13.4. The number of hydrogen-bond donors (Lipinski definition) is 2. The van der Waals surface area contributed by atoms with E-state index in [4.69, 9.17) is 10.5 Å². The maximum Gasteiger partial charge on any atom is 0.337 e. The van der Waals surface area contributed by atoms with Crippen molar-refractivity contribution in [2.24, 2.45) is 10.8 Å². The molecule has 0 saturated carbocycles. The summed E-state index contributed by atoms with van der Waals surface area (Å²) >= 11 is 0. The highest BCUT2D eigenvalue weighted by Gasteiger charge is 2.04. The summed E-state index contributed by atoms with van der Waals surface area (Å²) in [6.45, 7) is 0.373. The van der Waals surface area contributed by atoms with E-state index in [9.17, 15) is 9.59 Å². The first-order valence-electron chi connectivity index (χ1n) is 7.07. The Balaban J connectivity index is 1.89. The van der Waals surface area contributed by atoms with Gasteiger partial charge in [-0.2, -0.15) is 5.10 Å². The molecule has 124 valence electrons. The van der Waals surface area contributed by atoms with Crippen LogP contribution in [0.2, 0.25) is 0 Å². The molecular weight excluding hydrogens is 310 g/mol. The minimum Gasteiger partial charge on any atom is -0.489 e. The molecule has 7 heteroatoms. The second kappa shape index (κ2) is 8.33. The van der Waals surface area contributed by atoms with Crippen LogP contribution in [-0.4, -0.2) is 25.3 Å². The molecule has 0 radical (unpaired) electrons. The summed E-state index contributed by atoms with van der Waals surface area (Å²) in [5.41, 5.74) is 9.23. The summed E-state index contributed by atoms with van der Waals surface area (Å²) in [6.07, 6.45) is 1.47. The number of urea groups is 1. The van der Waals surface area contributed by atoms with Gasteiger partial charge in [0.15, 0.2) is 0 Å². The lowest BCUT2D eigenvalue weighted by molar-refractivity contribution is 0.0600. The van der Waals surface area contributed by atoms with Gasteiger partial charge in [-0.05, 0) is 47.5 Å². The van der Waals surface area contributed by atoms with Crippen LogP contribution in [0.1, 0.15) is 21.5 Å². The van der Waals surface area contributed by atoms with Gasteiger partial charge in [-0.3, -0.25) is 0 Å². The first-order valence-corrected chi connectivity index (χ1v) is 7.07. The fourth-order valence-corrected chi connectivity index (χ4v) is 1.84. The number of nitrogens with zero attached hydrogens (tertiary/aromatic N) is 1. The summed E-state index contributed by atoms with van der Waals surface area (Å²) in [5, 5.41) is 3.67. The molecule has 24 heavy (non-hydrogen) atoms. The highest BCUT2D eigenvalue weighted by atomic mass is 16.5. The molecule has 3 N–H and O–H groups in total. The van der Waals surface area contributed by atoms with E-state index in [-0.39, 0.29) is 5.97 Å². The van der Waals surface area contributed by atoms with E-state index in [2.05, 4.69) is 15.3 Å². The molecule has 2 amide bonds. The van der Waals surface area contributed by atoms with Gasteiger partial charge in [-0.15, -0.1) is 0 Å². The van der Waals surface area contributed by atoms with E-state index >= 15 is 0 Å². The number of nitrogens with one attached hydrogen (secondary N) is 1. The fraction of sp³-hybridized carbons (Fsp3) is 0.118. The number of carbonyl (C=O) groups excluding carboxylic acids is 2. The first-order chi connectivity index (χ1) is 11.6. The predicted molar refractivity (Wildman–Crippen MR) is 88.9 cm³/mol. The van der Waals surface area contributed by atoms with Gasteiger partial charge in [0.05, 0.1) is 18.9 Å². The van der Waals surface area contributed by atoms with Gasteiger partial charge in [0.2, 0.25) is 0 Å². The van der Waals surface area contributed by atoms with E-state index in [0.29, 0.717) is 17.9 Å². The highest BCUT2D eigenvalue weighted by Crippen LogP contribution is 2.14. The average molecular weight is 327 g/mol. The Labute approximate surface area is 139 Å². The summed E-state index contributed by atoms with van der Waals surface area (Å²) < 4.78 is 10.3. The Morgan fingerprint density at radius 2 is 1.79 bits per heavy atom. The Morgan fingerprint density at radius 3 is 2.38 bits per heavy atom. The SMILES string of the molecule is COC(=O)c1ccc(COc2ccc(/C=N/NC(N)=O)cc2)cc1. The largest absolute Gasteiger partial charge is 0.489 e. The van der Waals surface area contributed by atoms with Gasteiger partial charge in [0.25, 0.3) is 0 Å². The molecule has 0 atom stereocenters. The lowest BCUT2D eigenvalue weighted by Gasteiger charge is -2.07. The zero-order valence-corrected chi connectivity index (χ0v) is 13.1. The van der Waals surface area contributed by atoms with Gasteiger partial charge >= 0.3 is 12.0 Å². The van der Waals surface area contributed by atoms with Crippen LogP contribution in [0.15, 0.2) is 53.6 Å². The minimum atomic E-state index is -0.718. The molecular formula is C17H17N3O4. The Bertz CT molecular complexity index is 725. The highest BCUT2D eigenvalue weighted by molar-refractivity contribution is 5.89. The molecule has 2 rings (SSSR count).